The van der Waals surface area contributed by atoms with E-state index >= 15 is 0 Å². The summed E-state index contributed by atoms with van der Waals surface area (Å²) in [5, 5.41) is 11.6. The Labute approximate surface area is 161 Å². The van der Waals surface area contributed by atoms with Crippen LogP contribution >= 0.6 is 11.3 Å². The number of esters is 2. The molecule has 2 rings (SSSR count). The lowest BCUT2D eigenvalue weighted by molar-refractivity contribution is -0.142. The number of carbonyl (C=O) groups is 3. The van der Waals surface area contributed by atoms with Gasteiger partial charge in [-0.05, 0) is 43.7 Å². The van der Waals surface area contributed by atoms with Gasteiger partial charge in [-0.3, -0.25) is 4.79 Å². The van der Waals surface area contributed by atoms with Gasteiger partial charge in [-0.2, -0.15) is 0 Å². The lowest BCUT2D eigenvalue weighted by Gasteiger charge is -2.08. The van der Waals surface area contributed by atoms with E-state index in [0.717, 1.165) is 4.88 Å². The lowest BCUT2D eigenvalue weighted by atomic mass is 10.0. The Morgan fingerprint density at radius 2 is 1.85 bits per heavy atom. The maximum atomic E-state index is 12.6. The Hall–Kier alpha value is -2.61. The summed E-state index contributed by atoms with van der Waals surface area (Å²) >= 11 is 1.56. The lowest BCUT2D eigenvalue weighted by Crippen LogP contribution is -2.16. The number of carboxylic acids is 1. The third-order valence-electron chi connectivity index (χ3n) is 4.12. The van der Waals surface area contributed by atoms with Crippen LogP contribution < -0.4 is 0 Å². The standard InChI is InChI=1S/C19H23NO6S/c1-4-25-15(21)11-14-16(19(24)26-5-2)13(17(18(22)23)20(14)3)9-8-12-7-6-10-27-12/h6-7,10H,4-5,8-9,11H2,1-3H3,(H,22,23). The molecule has 0 aliphatic heterocycles. The molecule has 0 bridgehead atoms. The maximum Gasteiger partial charge on any atom is 0.352 e. The number of carboxylic acid groups (broad SMARTS) is 1. The molecule has 0 aliphatic rings. The molecule has 27 heavy (non-hydrogen) atoms. The van der Waals surface area contributed by atoms with E-state index in [9.17, 15) is 19.5 Å². The SMILES string of the molecule is CCOC(=O)Cc1c(C(=O)OCC)c(CCc2cccs2)c(C(=O)O)n1C. The normalized spacial score (nSPS) is 10.6. The zero-order chi connectivity index (χ0) is 20.0. The van der Waals surface area contributed by atoms with Crippen LogP contribution in [0, 0.1) is 0 Å². The number of hydrogen-bond acceptors (Lipinski definition) is 6. The number of hydrogen-bond donors (Lipinski definition) is 1. The predicted octanol–water partition coefficient (Wildman–Crippen LogP) is 2.85. The summed E-state index contributed by atoms with van der Waals surface area (Å²) in [7, 11) is 1.54. The maximum absolute atomic E-state index is 12.6. The molecule has 7 nitrogen and oxygen atoms in total. The number of ether oxygens (including phenoxy) is 2. The molecule has 0 unspecified atom stereocenters. The first-order valence-corrected chi connectivity index (χ1v) is 9.57. The number of rotatable bonds is 9. The monoisotopic (exact) mass is 393 g/mol. The van der Waals surface area contributed by atoms with Gasteiger partial charge in [0.25, 0.3) is 0 Å². The first kappa shape index (κ1) is 20.7. The van der Waals surface area contributed by atoms with E-state index in [-0.39, 0.29) is 30.9 Å². The van der Waals surface area contributed by atoms with Crippen molar-refractivity contribution in [2.75, 3.05) is 13.2 Å². The van der Waals surface area contributed by atoms with Crippen molar-refractivity contribution in [2.24, 2.45) is 7.05 Å². The third-order valence-corrected chi connectivity index (χ3v) is 5.05. The molecule has 0 saturated heterocycles. The van der Waals surface area contributed by atoms with Gasteiger partial charge in [-0.25, -0.2) is 9.59 Å². The summed E-state index contributed by atoms with van der Waals surface area (Å²) in [6.45, 7) is 3.72. The fourth-order valence-electron chi connectivity index (χ4n) is 3.02. The first-order chi connectivity index (χ1) is 12.9. The van der Waals surface area contributed by atoms with E-state index in [4.69, 9.17) is 9.47 Å². The Kier molecular flexibility index (Phi) is 7.18. The molecule has 8 heteroatoms. The number of nitrogens with zero attached hydrogens (tertiary/aromatic N) is 1. The second kappa shape index (κ2) is 9.36. The minimum atomic E-state index is -1.15. The number of aromatic carboxylic acids is 1. The highest BCUT2D eigenvalue weighted by Crippen LogP contribution is 2.27. The van der Waals surface area contributed by atoms with E-state index in [2.05, 4.69) is 0 Å². The van der Waals surface area contributed by atoms with E-state index in [1.165, 1.54) is 11.6 Å². The van der Waals surface area contributed by atoms with E-state index in [1.807, 2.05) is 17.5 Å². The summed E-state index contributed by atoms with van der Waals surface area (Å²) in [4.78, 5) is 37.6. The van der Waals surface area contributed by atoms with Crippen LogP contribution in [-0.2, 0) is 40.6 Å². The zero-order valence-electron chi connectivity index (χ0n) is 15.6. The highest BCUT2D eigenvalue weighted by atomic mass is 32.1. The van der Waals surface area contributed by atoms with Gasteiger partial charge in [0.05, 0.1) is 25.2 Å². The molecule has 2 aromatic heterocycles. The smallest absolute Gasteiger partial charge is 0.352 e. The Bertz CT molecular complexity index is 822. The Balaban J connectivity index is 2.53. The molecule has 2 aromatic rings. The molecule has 0 fully saturated rings. The van der Waals surface area contributed by atoms with Crippen LogP contribution in [0.3, 0.4) is 0 Å². The quantitative estimate of drug-likeness (QED) is 0.658. The summed E-state index contributed by atoms with van der Waals surface area (Å²) in [5.41, 5.74) is 0.830. The van der Waals surface area contributed by atoms with Gasteiger partial charge in [0.1, 0.15) is 5.69 Å². The second-order valence-electron chi connectivity index (χ2n) is 5.79. The molecule has 2 heterocycles. The van der Waals surface area contributed by atoms with E-state index in [0.29, 0.717) is 24.1 Å². The van der Waals surface area contributed by atoms with Crippen LogP contribution in [0.15, 0.2) is 17.5 Å². The van der Waals surface area contributed by atoms with E-state index < -0.39 is 17.9 Å². The summed E-state index contributed by atoms with van der Waals surface area (Å²) < 4.78 is 11.5. The highest BCUT2D eigenvalue weighted by molar-refractivity contribution is 7.09. The average molecular weight is 393 g/mol. The Morgan fingerprint density at radius 1 is 1.15 bits per heavy atom. The largest absolute Gasteiger partial charge is 0.477 e. The molecule has 1 N–H and O–H groups in total. The molecular formula is C19H23NO6S. The van der Waals surface area contributed by atoms with Crippen molar-refractivity contribution in [1.82, 2.24) is 4.57 Å². The van der Waals surface area contributed by atoms with Crippen molar-refractivity contribution < 1.29 is 29.0 Å². The molecule has 0 saturated carbocycles. The number of thiophene rings is 1. The minimum Gasteiger partial charge on any atom is -0.477 e. The molecule has 0 spiro atoms. The molecule has 146 valence electrons. The fraction of sp³-hybridized carbons (Fsp3) is 0.421. The average Bonchev–Trinajstić information content (AvgIpc) is 3.20. The van der Waals surface area contributed by atoms with Gasteiger partial charge in [-0.15, -0.1) is 11.3 Å². The summed E-state index contributed by atoms with van der Waals surface area (Å²) in [5.74, 6) is -2.30. The van der Waals surface area contributed by atoms with Crippen LogP contribution in [0.2, 0.25) is 0 Å². The van der Waals surface area contributed by atoms with Crippen molar-refractivity contribution in [3.63, 3.8) is 0 Å². The van der Waals surface area contributed by atoms with Crippen molar-refractivity contribution in [3.8, 4) is 0 Å². The van der Waals surface area contributed by atoms with Crippen LogP contribution in [-0.4, -0.2) is 40.8 Å². The van der Waals surface area contributed by atoms with Crippen LogP contribution in [0.25, 0.3) is 0 Å². The third kappa shape index (κ3) is 4.77. The number of aryl methyl sites for hydroxylation is 1. The van der Waals surface area contributed by atoms with Crippen LogP contribution in [0.5, 0.6) is 0 Å². The van der Waals surface area contributed by atoms with Crippen LogP contribution in [0.4, 0.5) is 0 Å². The van der Waals surface area contributed by atoms with Gasteiger partial charge in [0.2, 0.25) is 0 Å². The van der Waals surface area contributed by atoms with Crippen molar-refractivity contribution >= 4 is 29.2 Å². The van der Waals surface area contributed by atoms with Crippen molar-refractivity contribution in [2.45, 2.75) is 33.1 Å². The Morgan fingerprint density at radius 3 is 2.41 bits per heavy atom. The molecule has 0 amide bonds. The predicted molar refractivity (Wildman–Crippen MR) is 100 cm³/mol. The minimum absolute atomic E-state index is 0.00564. The van der Waals surface area contributed by atoms with Gasteiger partial charge < -0.3 is 19.1 Å². The molecule has 0 atom stereocenters. The number of carbonyl (C=O) groups excluding carboxylic acids is 2. The second-order valence-corrected chi connectivity index (χ2v) is 6.83. The zero-order valence-corrected chi connectivity index (χ0v) is 16.4. The number of aromatic nitrogens is 1. The van der Waals surface area contributed by atoms with Crippen molar-refractivity contribution in [3.05, 3.63) is 44.9 Å². The summed E-state index contributed by atoms with van der Waals surface area (Å²) in [6.07, 6.45) is 0.748. The van der Waals surface area contributed by atoms with Crippen molar-refractivity contribution in [1.29, 1.82) is 0 Å². The van der Waals surface area contributed by atoms with Crippen LogP contribution in [0.1, 0.15) is 50.8 Å². The van der Waals surface area contributed by atoms with E-state index in [1.54, 1.807) is 25.2 Å². The highest BCUT2D eigenvalue weighted by Gasteiger charge is 2.31. The van der Waals surface area contributed by atoms with Gasteiger partial charge in [0, 0.05) is 17.6 Å². The topological polar surface area (TPSA) is 94.8 Å². The summed E-state index contributed by atoms with van der Waals surface area (Å²) in [6, 6.07) is 3.87. The molecular weight excluding hydrogens is 370 g/mol. The molecule has 0 aliphatic carbocycles. The molecule has 0 radical (unpaired) electrons. The van der Waals surface area contributed by atoms with Gasteiger partial charge in [-0.1, -0.05) is 6.07 Å². The van der Waals surface area contributed by atoms with Gasteiger partial charge in [0.15, 0.2) is 0 Å². The fourth-order valence-corrected chi connectivity index (χ4v) is 3.73. The molecule has 0 aromatic carbocycles. The first-order valence-electron chi connectivity index (χ1n) is 8.69. The van der Waals surface area contributed by atoms with Gasteiger partial charge >= 0.3 is 17.9 Å².